The number of para-hydroxylation sites is 1. The first-order valence-corrected chi connectivity index (χ1v) is 10.9. The molecule has 0 aliphatic carbocycles. The molecular weight excluding hydrogens is 394 g/mol. The number of anilines is 1. The second-order valence-electron chi connectivity index (χ2n) is 8.24. The van der Waals surface area contributed by atoms with Gasteiger partial charge in [0, 0.05) is 21.9 Å². The molecule has 1 unspecified atom stereocenters. The van der Waals surface area contributed by atoms with Crippen molar-refractivity contribution in [2.75, 3.05) is 4.90 Å². The molecular formula is C29H23NO2. The molecule has 1 aliphatic heterocycles. The van der Waals surface area contributed by atoms with Crippen molar-refractivity contribution in [2.24, 2.45) is 0 Å². The van der Waals surface area contributed by atoms with E-state index < -0.39 is 0 Å². The van der Waals surface area contributed by atoms with E-state index in [4.69, 9.17) is 9.15 Å². The summed E-state index contributed by atoms with van der Waals surface area (Å²) in [6.45, 7) is 4.27. The Morgan fingerprint density at radius 2 is 1.38 bits per heavy atom. The minimum Gasteiger partial charge on any atom is -0.463 e. The Hall–Kier alpha value is -3.98. The fourth-order valence-electron chi connectivity index (χ4n) is 4.69. The molecule has 0 saturated carbocycles. The summed E-state index contributed by atoms with van der Waals surface area (Å²) in [5, 5.41) is 2.25. The van der Waals surface area contributed by atoms with Gasteiger partial charge in [0.1, 0.15) is 11.3 Å². The molecule has 3 heteroatoms. The highest BCUT2D eigenvalue weighted by Gasteiger charge is 2.36. The molecule has 1 atom stereocenters. The summed E-state index contributed by atoms with van der Waals surface area (Å²) in [5.41, 5.74) is 7.24. The van der Waals surface area contributed by atoms with Gasteiger partial charge in [0.15, 0.2) is 5.58 Å². The first-order valence-electron chi connectivity index (χ1n) is 10.9. The van der Waals surface area contributed by atoms with E-state index in [1.165, 1.54) is 0 Å². The van der Waals surface area contributed by atoms with Crippen LogP contribution in [0.4, 0.5) is 5.69 Å². The number of hydrogen-bond acceptors (Lipinski definition) is 3. The second kappa shape index (κ2) is 7.31. The number of fused-ring (bicyclic) bond motifs is 3. The molecule has 0 spiro atoms. The summed E-state index contributed by atoms with van der Waals surface area (Å²) in [5.74, 6) is 0.895. The molecule has 0 N–H and O–H groups in total. The van der Waals surface area contributed by atoms with Crippen molar-refractivity contribution in [3.05, 3.63) is 119 Å². The quantitative estimate of drug-likeness (QED) is 0.299. The van der Waals surface area contributed by atoms with Crippen LogP contribution in [0, 0.1) is 6.92 Å². The lowest BCUT2D eigenvalue weighted by Gasteiger charge is -2.28. The largest absolute Gasteiger partial charge is 0.463 e. The lowest BCUT2D eigenvalue weighted by atomic mass is 10.1. The smallest absolute Gasteiger partial charge is 0.203 e. The number of nitrogens with zero attached hydrogens (tertiary/aromatic N) is 1. The lowest BCUT2D eigenvalue weighted by Crippen LogP contribution is -2.24. The van der Waals surface area contributed by atoms with Gasteiger partial charge >= 0.3 is 0 Å². The van der Waals surface area contributed by atoms with E-state index in [0.717, 1.165) is 55.8 Å². The SMILES string of the molecule is CC1=C(c2ccccc2)OC(c2ccccc2)N1c1c(C)ccc2c1oc1ccccc12. The van der Waals surface area contributed by atoms with Gasteiger partial charge in [-0.15, -0.1) is 0 Å². The molecule has 4 aromatic carbocycles. The standard InChI is InChI=1S/C29H23NO2/c1-19-17-18-24-23-15-9-10-16-25(23)31-28(24)26(19)30-20(2)27(21-11-5-3-6-12-21)32-29(30)22-13-7-4-8-14-22/h3-18,29H,1-2H3. The Bertz CT molecular complexity index is 1470. The molecule has 156 valence electrons. The normalized spacial score (nSPS) is 16.2. The van der Waals surface area contributed by atoms with Gasteiger partial charge in [-0.2, -0.15) is 0 Å². The van der Waals surface area contributed by atoms with Crippen molar-refractivity contribution in [3.63, 3.8) is 0 Å². The second-order valence-corrected chi connectivity index (χ2v) is 8.24. The third-order valence-electron chi connectivity index (χ3n) is 6.24. The highest BCUT2D eigenvalue weighted by Crippen LogP contribution is 2.48. The molecule has 0 bridgehead atoms. The van der Waals surface area contributed by atoms with Gasteiger partial charge in [0.25, 0.3) is 0 Å². The number of aryl methyl sites for hydroxylation is 1. The molecule has 0 saturated heterocycles. The van der Waals surface area contributed by atoms with Gasteiger partial charge < -0.3 is 9.15 Å². The van der Waals surface area contributed by atoms with Crippen LogP contribution in [0.3, 0.4) is 0 Å². The first kappa shape index (κ1) is 18.8. The minimum absolute atomic E-state index is 0.274. The maximum absolute atomic E-state index is 6.65. The fraction of sp³-hybridized carbons (Fsp3) is 0.103. The van der Waals surface area contributed by atoms with Gasteiger partial charge in [-0.1, -0.05) is 91.0 Å². The van der Waals surface area contributed by atoms with E-state index >= 15 is 0 Å². The maximum Gasteiger partial charge on any atom is 0.203 e. The van der Waals surface area contributed by atoms with Crippen LogP contribution in [0.25, 0.3) is 27.7 Å². The van der Waals surface area contributed by atoms with Crippen molar-refractivity contribution < 1.29 is 9.15 Å². The van der Waals surface area contributed by atoms with Crippen molar-refractivity contribution in [2.45, 2.75) is 20.1 Å². The number of ether oxygens (including phenoxy) is 1. The molecule has 0 fully saturated rings. The molecule has 2 heterocycles. The number of benzene rings is 4. The lowest BCUT2D eigenvalue weighted by molar-refractivity contribution is 0.195. The predicted molar refractivity (Wildman–Crippen MR) is 130 cm³/mol. The molecule has 1 aliphatic rings. The van der Waals surface area contributed by atoms with E-state index in [9.17, 15) is 0 Å². The monoisotopic (exact) mass is 417 g/mol. The zero-order chi connectivity index (χ0) is 21.7. The van der Waals surface area contributed by atoms with Gasteiger partial charge in [-0.05, 0) is 25.5 Å². The summed E-state index contributed by atoms with van der Waals surface area (Å²) in [6, 6.07) is 33.3. The van der Waals surface area contributed by atoms with Crippen LogP contribution in [0.5, 0.6) is 0 Å². The average molecular weight is 418 g/mol. The summed E-state index contributed by atoms with van der Waals surface area (Å²) in [6.07, 6.45) is -0.274. The highest BCUT2D eigenvalue weighted by atomic mass is 16.5. The topological polar surface area (TPSA) is 25.6 Å². The molecule has 6 rings (SSSR count). The third-order valence-corrected chi connectivity index (χ3v) is 6.24. The number of allylic oxidation sites excluding steroid dienone is 1. The van der Waals surface area contributed by atoms with Crippen molar-refractivity contribution in [3.8, 4) is 0 Å². The molecule has 0 amide bonds. The van der Waals surface area contributed by atoms with Crippen molar-refractivity contribution in [1.82, 2.24) is 0 Å². The Labute approximate surface area is 187 Å². The first-order chi connectivity index (χ1) is 15.7. The Morgan fingerprint density at radius 3 is 2.16 bits per heavy atom. The molecule has 3 nitrogen and oxygen atoms in total. The summed E-state index contributed by atoms with van der Waals surface area (Å²) in [7, 11) is 0. The number of hydrogen-bond donors (Lipinski definition) is 0. The number of furan rings is 1. The number of rotatable bonds is 3. The van der Waals surface area contributed by atoms with E-state index in [0.29, 0.717) is 0 Å². The van der Waals surface area contributed by atoms with Crippen LogP contribution in [0.15, 0.2) is 107 Å². The van der Waals surface area contributed by atoms with Crippen LogP contribution >= 0.6 is 0 Å². The highest BCUT2D eigenvalue weighted by molar-refractivity contribution is 6.10. The van der Waals surface area contributed by atoms with Crippen LogP contribution in [0.2, 0.25) is 0 Å². The zero-order valence-corrected chi connectivity index (χ0v) is 18.1. The van der Waals surface area contributed by atoms with Crippen LogP contribution in [0.1, 0.15) is 29.8 Å². The Kier molecular flexibility index (Phi) is 4.29. The Balaban J connectivity index is 1.63. The van der Waals surface area contributed by atoms with Crippen LogP contribution < -0.4 is 4.90 Å². The van der Waals surface area contributed by atoms with E-state index in [-0.39, 0.29) is 6.23 Å². The van der Waals surface area contributed by atoms with Crippen molar-refractivity contribution >= 4 is 33.4 Å². The van der Waals surface area contributed by atoms with Gasteiger partial charge in [0.05, 0.1) is 11.4 Å². The van der Waals surface area contributed by atoms with Gasteiger partial charge in [0.2, 0.25) is 6.23 Å². The Morgan fingerprint density at radius 1 is 0.688 bits per heavy atom. The van der Waals surface area contributed by atoms with E-state index in [1.54, 1.807) is 0 Å². The molecule has 5 aromatic rings. The molecule has 32 heavy (non-hydrogen) atoms. The summed E-state index contributed by atoms with van der Waals surface area (Å²) in [4.78, 5) is 2.29. The van der Waals surface area contributed by atoms with Gasteiger partial charge in [-0.25, -0.2) is 0 Å². The van der Waals surface area contributed by atoms with Crippen molar-refractivity contribution in [1.29, 1.82) is 0 Å². The summed E-state index contributed by atoms with van der Waals surface area (Å²) >= 11 is 0. The molecule has 1 aromatic heterocycles. The maximum atomic E-state index is 6.65. The van der Waals surface area contributed by atoms with Gasteiger partial charge in [-0.3, -0.25) is 4.90 Å². The summed E-state index contributed by atoms with van der Waals surface area (Å²) < 4.78 is 13.1. The van der Waals surface area contributed by atoms with E-state index in [1.807, 2.05) is 36.4 Å². The van der Waals surface area contributed by atoms with Crippen LogP contribution in [-0.4, -0.2) is 0 Å². The fourth-order valence-corrected chi connectivity index (χ4v) is 4.69. The molecule has 0 radical (unpaired) electrons. The van der Waals surface area contributed by atoms with Crippen LogP contribution in [-0.2, 0) is 4.74 Å². The minimum atomic E-state index is -0.274. The average Bonchev–Trinajstić information content (AvgIpc) is 3.38. The predicted octanol–water partition coefficient (Wildman–Crippen LogP) is 7.82. The van der Waals surface area contributed by atoms with E-state index in [2.05, 4.69) is 79.4 Å². The third kappa shape index (κ3) is 2.82. The zero-order valence-electron chi connectivity index (χ0n) is 18.1.